The standard InChI is InChI=1S/C21H28N2O5S/c1-14-5-3-9-23(13-14)29(25,26)17-7-8-19-18(11-17)15(2)20(28-19)21(24)22-12-16-6-4-10-27-16/h7-8,11,14,16H,3-6,9-10,12-13H2,1-2H3,(H,22,24). The van der Waals surface area contributed by atoms with Crippen molar-refractivity contribution in [2.24, 2.45) is 5.92 Å². The van der Waals surface area contributed by atoms with Crippen molar-refractivity contribution in [3.8, 4) is 0 Å². The highest BCUT2D eigenvalue weighted by Crippen LogP contribution is 2.30. The number of furan rings is 1. The molecule has 2 fully saturated rings. The third kappa shape index (κ3) is 4.06. The van der Waals surface area contributed by atoms with Crippen LogP contribution in [0, 0.1) is 12.8 Å². The van der Waals surface area contributed by atoms with Gasteiger partial charge >= 0.3 is 0 Å². The first-order valence-corrected chi connectivity index (χ1v) is 11.7. The molecule has 1 aromatic carbocycles. The third-order valence-electron chi connectivity index (χ3n) is 5.89. The third-order valence-corrected chi connectivity index (χ3v) is 7.75. The molecule has 2 saturated heterocycles. The first-order chi connectivity index (χ1) is 13.9. The molecule has 0 saturated carbocycles. The number of carbonyl (C=O) groups excluding carboxylic acids is 1. The Balaban J connectivity index is 1.57. The van der Waals surface area contributed by atoms with Crippen LogP contribution in [0.4, 0.5) is 0 Å². The van der Waals surface area contributed by atoms with Gasteiger partial charge in [0.05, 0.1) is 11.0 Å². The van der Waals surface area contributed by atoms with E-state index in [9.17, 15) is 13.2 Å². The summed E-state index contributed by atoms with van der Waals surface area (Å²) in [5.41, 5.74) is 1.16. The van der Waals surface area contributed by atoms with E-state index in [4.69, 9.17) is 9.15 Å². The van der Waals surface area contributed by atoms with E-state index in [1.807, 2.05) is 0 Å². The summed E-state index contributed by atoms with van der Waals surface area (Å²) < 4.78 is 39.0. The van der Waals surface area contributed by atoms with E-state index in [-0.39, 0.29) is 22.7 Å². The summed E-state index contributed by atoms with van der Waals surface area (Å²) in [6.45, 7) is 6.13. The fraction of sp³-hybridized carbons (Fsp3) is 0.571. The van der Waals surface area contributed by atoms with Crippen LogP contribution < -0.4 is 5.32 Å². The van der Waals surface area contributed by atoms with Gasteiger partial charge in [-0.05, 0) is 56.7 Å². The number of hydrogen-bond acceptors (Lipinski definition) is 5. The van der Waals surface area contributed by atoms with Crippen LogP contribution in [-0.4, -0.2) is 51.0 Å². The first-order valence-electron chi connectivity index (χ1n) is 10.3. The van der Waals surface area contributed by atoms with Crippen LogP contribution in [0.15, 0.2) is 27.5 Å². The van der Waals surface area contributed by atoms with Crippen LogP contribution in [0.3, 0.4) is 0 Å². The molecular formula is C21H28N2O5S. The number of amides is 1. The average molecular weight is 421 g/mol. The van der Waals surface area contributed by atoms with Gasteiger partial charge in [0.2, 0.25) is 10.0 Å². The summed E-state index contributed by atoms with van der Waals surface area (Å²) in [5.74, 6) is 0.277. The first kappa shape index (κ1) is 20.4. The number of aryl methyl sites for hydroxylation is 1. The van der Waals surface area contributed by atoms with Crippen molar-refractivity contribution in [1.82, 2.24) is 9.62 Å². The number of carbonyl (C=O) groups is 1. The molecule has 2 unspecified atom stereocenters. The van der Waals surface area contributed by atoms with Gasteiger partial charge in [0.15, 0.2) is 5.76 Å². The Morgan fingerprint density at radius 2 is 2.10 bits per heavy atom. The van der Waals surface area contributed by atoms with E-state index >= 15 is 0 Å². The maximum Gasteiger partial charge on any atom is 0.287 e. The summed E-state index contributed by atoms with van der Waals surface area (Å²) in [4.78, 5) is 12.8. The smallest absolute Gasteiger partial charge is 0.287 e. The second kappa shape index (κ2) is 8.08. The molecule has 1 N–H and O–H groups in total. The minimum Gasteiger partial charge on any atom is -0.451 e. The number of nitrogens with zero attached hydrogens (tertiary/aromatic N) is 1. The Morgan fingerprint density at radius 3 is 2.83 bits per heavy atom. The summed E-state index contributed by atoms with van der Waals surface area (Å²) in [6.07, 6.45) is 3.93. The van der Waals surface area contributed by atoms with E-state index in [2.05, 4.69) is 12.2 Å². The van der Waals surface area contributed by atoms with Gasteiger partial charge in [-0.15, -0.1) is 0 Å². The van der Waals surface area contributed by atoms with Crippen molar-refractivity contribution in [3.63, 3.8) is 0 Å². The van der Waals surface area contributed by atoms with Gasteiger partial charge in [-0.25, -0.2) is 8.42 Å². The van der Waals surface area contributed by atoms with Gasteiger partial charge in [0.1, 0.15) is 5.58 Å². The highest BCUT2D eigenvalue weighted by molar-refractivity contribution is 7.89. The lowest BCUT2D eigenvalue weighted by Crippen LogP contribution is -2.39. The molecule has 2 aliphatic heterocycles. The molecule has 7 nitrogen and oxygen atoms in total. The molecule has 0 bridgehead atoms. The van der Waals surface area contributed by atoms with Crippen LogP contribution in [0.1, 0.15) is 48.7 Å². The largest absolute Gasteiger partial charge is 0.451 e. The number of hydrogen-bond donors (Lipinski definition) is 1. The highest BCUT2D eigenvalue weighted by atomic mass is 32.2. The molecule has 158 valence electrons. The predicted molar refractivity (Wildman–Crippen MR) is 109 cm³/mol. The molecule has 0 aliphatic carbocycles. The van der Waals surface area contributed by atoms with Crippen LogP contribution in [0.2, 0.25) is 0 Å². The summed E-state index contributed by atoms with van der Waals surface area (Å²) in [5, 5.41) is 3.51. The van der Waals surface area contributed by atoms with Crippen molar-refractivity contribution in [3.05, 3.63) is 29.5 Å². The summed E-state index contributed by atoms with van der Waals surface area (Å²) >= 11 is 0. The molecule has 1 amide bonds. The van der Waals surface area contributed by atoms with Crippen LogP contribution >= 0.6 is 0 Å². The number of sulfonamides is 1. The van der Waals surface area contributed by atoms with E-state index < -0.39 is 10.0 Å². The van der Waals surface area contributed by atoms with E-state index in [0.717, 1.165) is 32.3 Å². The van der Waals surface area contributed by atoms with Crippen LogP contribution in [0.25, 0.3) is 11.0 Å². The normalized spacial score (nSPS) is 23.5. The lowest BCUT2D eigenvalue weighted by atomic mass is 10.0. The minimum atomic E-state index is -3.56. The lowest BCUT2D eigenvalue weighted by molar-refractivity contribution is 0.0836. The minimum absolute atomic E-state index is 0.0484. The number of ether oxygens (including phenoxy) is 1. The zero-order valence-corrected chi connectivity index (χ0v) is 17.8. The van der Waals surface area contributed by atoms with Crippen molar-refractivity contribution >= 4 is 26.9 Å². The highest BCUT2D eigenvalue weighted by Gasteiger charge is 2.29. The summed E-state index contributed by atoms with van der Waals surface area (Å²) in [7, 11) is -3.56. The van der Waals surface area contributed by atoms with Gasteiger partial charge < -0.3 is 14.5 Å². The fourth-order valence-corrected chi connectivity index (χ4v) is 5.81. The Bertz CT molecular complexity index is 1010. The maximum absolute atomic E-state index is 13.1. The van der Waals surface area contributed by atoms with Crippen molar-refractivity contribution in [2.75, 3.05) is 26.2 Å². The van der Waals surface area contributed by atoms with Crippen LogP contribution in [-0.2, 0) is 14.8 Å². The van der Waals surface area contributed by atoms with Crippen molar-refractivity contribution in [2.45, 2.75) is 50.5 Å². The molecule has 0 spiro atoms. The predicted octanol–water partition coefficient (Wildman–Crippen LogP) is 3.07. The Hall–Kier alpha value is -1.90. The molecule has 2 aromatic rings. The second-order valence-electron chi connectivity index (χ2n) is 8.17. The number of nitrogens with one attached hydrogen (secondary N) is 1. The lowest BCUT2D eigenvalue weighted by Gasteiger charge is -2.30. The SMILES string of the molecule is Cc1c(C(=O)NCC2CCCO2)oc2ccc(S(=O)(=O)N3CCCC(C)C3)cc12. The average Bonchev–Trinajstić information content (AvgIpc) is 3.34. The fourth-order valence-electron chi connectivity index (χ4n) is 4.18. The molecule has 1 aromatic heterocycles. The second-order valence-corrected chi connectivity index (χ2v) is 10.1. The van der Waals surface area contributed by atoms with Gasteiger partial charge in [0.25, 0.3) is 5.91 Å². The Labute approximate surface area is 171 Å². The number of piperidine rings is 1. The van der Waals surface area contributed by atoms with E-state index in [1.165, 1.54) is 0 Å². The van der Waals surface area contributed by atoms with Crippen LogP contribution in [0.5, 0.6) is 0 Å². The van der Waals surface area contributed by atoms with Gasteiger partial charge in [-0.1, -0.05) is 6.92 Å². The topological polar surface area (TPSA) is 88.8 Å². The molecule has 2 atom stereocenters. The quantitative estimate of drug-likeness (QED) is 0.803. The molecule has 29 heavy (non-hydrogen) atoms. The molecule has 3 heterocycles. The number of rotatable bonds is 5. The Morgan fingerprint density at radius 1 is 1.28 bits per heavy atom. The molecule has 8 heteroatoms. The molecule has 0 radical (unpaired) electrons. The van der Waals surface area contributed by atoms with E-state index in [1.54, 1.807) is 29.4 Å². The maximum atomic E-state index is 13.1. The monoisotopic (exact) mass is 420 g/mol. The van der Waals surface area contributed by atoms with Gasteiger partial charge in [0, 0.05) is 37.2 Å². The van der Waals surface area contributed by atoms with E-state index in [0.29, 0.717) is 42.1 Å². The molecule has 4 rings (SSSR count). The molecule has 2 aliphatic rings. The summed E-state index contributed by atoms with van der Waals surface area (Å²) in [6, 6.07) is 4.83. The Kier molecular flexibility index (Phi) is 5.68. The number of fused-ring (bicyclic) bond motifs is 1. The van der Waals surface area contributed by atoms with Gasteiger partial charge in [-0.3, -0.25) is 4.79 Å². The zero-order valence-electron chi connectivity index (χ0n) is 16.9. The van der Waals surface area contributed by atoms with Crippen molar-refractivity contribution in [1.29, 1.82) is 0 Å². The number of benzene rings is 1. The van der Waals surface area contributed by atoms with Crippen molar-refractivity contribution < 1.29 is 22.4 Å². The molecular weight excluding hydrogens is 392 g/mol. The zero-order chi connectivity index (χ0) is 20.6. The van der Waals surface area contributed by atoms with Gasteiger partial charge in [-0.2, -0.15) is 4.31 Å².